The molecule has 2 aromatic rings. The molecule has 0 fully saturated rings. The summed E-state index contributed by atoms with van der Waals surface area (Å²) in [5.41, 5.74) is 8.01. The molecule has 0 heterocycles. The number of halogens is 1. The third kappa shape index (κ3) is 3.25. The maximum atomic E-state index is 6.97. The summed E-state index contributed by atoms with van der Waals surface area (Å²) in [5, 5.41) is 0. The normalized spacial score (nSPS) is 17.1. The van der Waals surface area contributed by atoms with E-state index in [1.54, 1.807) is 7.11 Å². The number of hydrogen-bond acceptors (Lipinski definition) is 1. The molecule has 0 amide bonds. The van der Waals surface area contributed by atoms with E-state index in [4.69, 9.17) is 15.8 Å². The van der Waals surface area contributed by atoms with Crippen LogP contribution in [0.25, 0.3) is 17.2 Å². The van der Waals surface area contributed by atoms with Crippen molar-refractivity contribution in [1.29, 1.82) is 0 Å². The fourth-order valence-corrected chi connectivity index (χ4v) is 7.24. The molecule has 1 nitrogen and oxygen atoms in total. The summed E-state index contributed by atoms with van der Waals surface area (Å²) in [5.74, 6) is 0.987. The third-order valence-electron chi connectivity index (χ3n) is 5.25. The number of hydrogen-bond donors (Lipinski definition) is 0. The maximum Gasteiger partial charge on any atom is 0.161 e. The summed E-state index contributed by atoms with van der Waals surface area (Å²) < 4.78 is 5.99. The fourth-order valence-electron chi connectivity index (χ4n) is 4.22. The van der Waals surface area contributed by atoms with Gasteiger partial charge >= 0.3 is 0 Å². The molecule has 3 rings (SSSR count). The van der Waals surface area contributed by atoms with Crippen molar-refractivity contribution in [1.82, 2.24) is 0 Å². The van der Waals surface area contributed by atoms with Gasteiger partial charge in [-0.15, -0.1) is 0 Å². The summed E-state index contributed by atoms with van der Waals surface area (Å²) in [6.07, 6.45) is 2.33. The van der Waals surface area contributed by atoms with Crippen molar-refractivity contribution in [2.24, 2.45) is 0 Å². The molecule has 2 aromatic carbocycles. The Balaban J connectivity index is 2.42. The van der Waals surface area contributed by atoms with Crippen LogP contribution in [0, 0.1) is 0 Å². The average molecular weight is 385 g/mol. The van der Waals surface area contributed by atoms with Crippen molar-refractivity contribution in [3.8, 4) is 16.9 Å². The Kier molecular flexibility index (Phi) is 4.87. The van der Waals surface area contributed by atoms with Crippen LogP contribution >= 0.6 is 11.1 Å². The van der Waals surface area contributed by atoms with Gasteiger partial charge in [-0.1, -0.05) is 81.9 Å². The molecular formula is C23H29ClOSi. The smallest absolute Gasteiger partial charge is 0.161 e. The van der Waals surface area contributed by atoms with Gasteiger partial charge in [0.25, 0.3) is 0 Å². The molecule has 3 heteroatoms. The summed E-state index contributed by atoms with van der Waals surface area (Å²) in [6, 6.07) is 12.9. The van der Waals surface area contributed by atoms with Gasteiger partial charge in [0.2, 0.25) is 0 Å². The summed E-state index contributed by atoms with van der Waals surface area (Å²) in [7, 11) is -0.124. The van der Waals surface area contributed by atoms with Crippen LogP contribution in [0.3, 0.4) is 0 Å². The minimum Gasteiger partial charge on any atom is -0.496 e. The van der Waals surface area contributed by atoms with Gasteiger partial charge < -0.3 is 4.74 Å². The minimum atomic E-state index is -1.91. The molecular weight excluding hydrogens is 356 g/mol. The molecule has 1 aliphatic carbocycles. The predicted octanol–water partition coefficient (Wildman–Crippen LogP) is 7.14. The largest absolute Gasteiger partial charge is 0.496 e. The van der Waals surface area contributed by atoms with Crippen LogP contribution in [-0.4, -0.2) is 14.5 Å². The molecule has 0 saturated heterocycles. The van der Waals surface area contributed by atoms with Gasteiger partial charge in [0.1, 0.15) is 5.75 Å². The molecule has 1 unspecified atom stereocenters. The van der Waals surface area contributed by atoms with Gasteiger partial charge in [-0.05, 0) is 29.0 Å². The molecule has 0 bridgehead atoms. The average Bonchev–Trinajstić information content (AvgIpc) is 2.88. The summed E-state index contributed by atoms with van der Waals surface area (Å²) in [4.78, 5) is 0. The Morgan fingerprint density at radius 3 is 2.19 bits per heavy atom. The van der Waals surface area contributed by atoms with E-state index in [9.17, 15) is 0 Å². The first-order valence-electron chi connectivity index (χ1n) is 9.23. The highest BCUT2D eigenvalue weighted by atomic mass is 35.6. The zero-order valence-electron chi connectivity index (χ0n) is 16.9. The van der Waals surface area contributed by atoms with E-state index in [1.165, 1.54) is 33.4 Å². The van der Waals surface area contributed by atoms with Gasteiger partial charge in [0.15, 0.2) is 7.38 Å². The SMILES string of the molecule is COc1c(C(C)(C)C)cc2c(c1-c1ccccc1)C=C(C)C2[Si](C)(C)Cl. The molecule has 138 valence electrons. The van der Waals surface area contributed by atoms with E-state index in [1.807, 2.05) is 0 Å². The topological polar surface area (TPSA) is 9.23 Å². The van der Waals surface area contributed by atoms with Crippen molar-refractivity contribution in [2.75, 3.05) is 7.11 Å². The van der Waals surface area contributed by atoms with Crippen molar-refractivity contribution >= 4 is 24.5 Å². The van der Waals surface area contributed by atoms with Gasteiger partial charge in [0.05, 0.1) is 7.11 Å². The van der Waals surface area contributed by atoms with E-state index < -0.39 is 7.38 Å². The molecule has 0 N–H and O–H groups in total. The highest BCUT2D eigenvalue weighted by Crippen LogP contribution is 2.52. The molecule has 0 aliphatic heterocycles. The minimum absolute atomic E-state index is 0.0110. The molecule has 1 atom stereocenters. The van der Waals surface area contributed by atoms with E-state index in [-0.39, 0.29) is 5.41 Å². The number of benzene rings is 2. The predicted molar refractivity (Wildman–Crippen MR) is 117 cm³/mol. The van der Waals surface area contributed by atoms with E-state index in [0.29, 0.717) is 5.54 Å². The Hall–Kier alpha value is -1.51. The lowest BCUT2D eigenvalue weighted by molar-refractivity contribution is 0.399. The maximum absolute atomic E-state index is 6.97. The number of ether oxygens (including phenoxy) is 1. The number of rotatable bonds is 3. The van der Waals surface area contributed by atoms with E-state index >= 15 is 0 Å². The highest BCUT2D eigenvalue weighted by Gasteiger charge is 2.40. The molecule has 0 radical (unpaired) electrons. The van der Waals surface area contributed by atoms with Crippen molar-refractivity contribution in [2.45, 2.75) is 51.7 Å². The van der Waals surface area contributed by atoms with Crippen molar-refractivity contribution in [3.63, 3.8) is 0 Å². The number of methoxy groups -OCH3 is 1. The lowest BCUT2D eigenvalue weighted by Crippen LogP contribution is -2.28. The zero-order valence-corrected chi connectivity index (χ0v) is 18.7. The van der Waals surface area contributed by atoms with Crippen LogP contribution in [0.5, 0.6) is 5.75 Å². The number of fused-ring (bicyclic) bond motifs is 1. The fraction of sp³-hybridized carbons (Fsp3) is 0.391. The molecule has 1 aliphatic rings. The molecule has 0 saturated carbocycles. The van der Waals surface area contributed by atoms with E-state index in [0.717, 1.165) is 5.75 Å². The lowest BCUT2D eigenvalue weighted by atomic mass is 9.81. The Labute approximate surface area is 163 Å². The second kappa shape index (κ2) is 6.58. The second-order valence-corrected chi connectivity index (χ2v) is 15.5. The molecule has 0 aromatic heterocycles. The Morgan fingerprint density at radius 2 is 1.69 bits per heavy atom. The first kappa shape index (κ1) is 19.3. The highest BCUT2D eigenvalue weighted by molar-refractivity contribution is 7.20. The van der Waals surface area contributed by atoms with Crippen molar-refractivity contribution < 1.29 is 4.74 Å². The zero-order chi connectivity index (χ0) is 19.3. The van der Waals surface area contributed by atoms with Crippen LogP contribution in [-0.2, 0) is 5.41 Å². The summed E-state index contributed by atoms with van der Waals surface area (Å²) >= 11 is 6.97. The van der Waals surface area contributed by atoms with Crippen LogP contribution < -0.4 is 4.74 Å². The monoisotopic (exact) mass is 384 g/mol. The van der Waals surface area contributed by atoms with Crippen LogP contribution in [0.4, 0.5) is 0 Å². The Bertz CT molecular complexity index is 855. The Morgan fingerprint density at radius 1 is 1.08 bits per heavy atom. The molecule has 26 heavy (non-hydrogen) atoms. The van der Waals surface area contributed by atoms with Gasteiger partial charge in [-0.3, -0.25) is 0 Å². The van der Waals surface area contributed by atoms with Gasteiger partial charge in [-0.2, -0.15) is 11.1 Å². The second-order valence-electron chi connectivity index (χ2n) is 8.84. The summed E-state index contributed by atoms with van der Waals surface area (Å²) in [6.45, 7) is 13.5. The van der Waals surface area contributed by atoms with E-state index in [2.05, 4.69) is 83.3 Å². The van der Waals surface area contributed by atoms with Gasteiger partial charge in [0, 0.05) is 16.7 Å². The lowest BCUT2D eigenvalue weighted by Gasteiger charge is -2.30. The van der Waals surface area contributed by atoms with Crippen molar-refractivity contribution in [3.05, 3.63) is 58.7 Å². The standard InChI is InChI=1S/C23H29ClOSi/c1-15-13-17-18(22(15)26(6,7)24)14-19(23(2,3)4)21(25-5)20(17)16-11-9-8-10-12-16/h8-14,22H,1-7H3. The third-order valence-corrected chi connectivity index (χ3v) is 8.05. The van der Waals surface area contributed by atoms with Crippen LogP contribution in [0.2, 0.25) is 13.1 Å². The van der Waals surface area contributed by atoms with Gasteiger partial charge in [-0.25, -0.2) is 0 Å². The first-order chi connectivity index (χ1) is 12.1. The van der Waals surface area contributed by atoms with Crippen LogP contribution in [0.15, 0.2) is 42.0 Å². The molecule has 0 spiro atoms. The quantitative estimate of drug-likeness (QED) is 0.403. The first-order valence-corrected chi connectivity index (χ1v) is 13.3. The number of allylic oxidation sites excluding steroid dienone is 1. The van der Waals surface area contributed by atoms with Crippen LogP contribution in [0.1, 0.15) is 49.9 Å².